The molecule has 0 aliphatic rings. The molecule has 2 N–H and O–H groups in total. The van der Waals surface area contributed by atoms with Crippen LogP contribution in [0, 0.1) is 0 Å². The van der Waals surface area contributed by atoms with Crippen LogP contribution in [0.3, 0.4) is 0 Å². The average Bonchev–Trinajstić information content (AvgIpc) is 2.51. The van der Waals surface area contributed by atoms with Crippen LogP contribution < -0.4 is 0 Å². The van der Waals surface area contributed by atoms with Crippen LogP contribution in [0.25, 0.3) is 6.08 Å². The first-order valence-electron chi connectivity index (χ1n) is 8.33. The van der Waals surface area contributed by atoms with Gasteiger partial charge in [0.2, 0.25) is 0 Å². The lowest BCUT2D eigenvalue weighted by atomic mass is 10.1. The van der Waals surface area contributed by atoms with Gasteiger partial charge >= 0.3 is 5.97 Å². The number of rotatable bonds is 11. The molecule has 0 unspecified atom stereocenters. The number of quaternary nitrogens is 1. The van der Waals surface area contributed by atoms with E-state index in [-0.39, 0.29) is 12.0 Å². The summed E-state index contributed by atoms with van der Waals surface area (Å²) in [5, 5.41) is 9.38. The van der Waals surface area contributed by atoms with E-state index in [2.05, 4.69) is 44.7 Å². The van der Waals surface area contributed by atoms with E-state index in [4.69, 9.17) is 0 Å². The molecule has 0 amide bonds. The third kappa shape index (κ3) is 7.44. The van der Waals surface area contributed by atoms with Crippen LogP contribution in [0.1, 0.15) is 50.7 Å². The first-order valence-corrected chi connectivity index (χ1v) is 8.33. The van der Waals surface area contributed by atoms with Crippen molar-refractivity contribution in [1.82, 2.24) is 0 Å². The predicted molar refractivity (Wildman–Crippen MR) is 94.5 cm³/mol. The highest BCUT2D eigenvalue weighted by Gasteiger charge is 2.29. The van der Waals surface area contributed by atoms with Gasteiger partial charge in [0.05, 0.1) is 13.1 Å². The van der Waals surface area contributed by atoms with E-state index in [0.717, 1.165) is 50.9 Å². The van der Waals surface area contributed by atoms with E-state index in [1.165, 1.54) is 5.56 Å². The van der Waals surface area contributed by atoms with Crippen LogP contribution in [0.2, 0.25) is 0 Å². The van der Waals surface area contributed by atoms with Gasteiger partial charge in [0.1, 0.15) is 6.54 Å². The molecule has 0 heterocycles. The topological polar surface area (TPSA) is 67.3 Å². The first kappa shape index (κ1) is 21.4. The van der Waals surface area contributed by atoms with Crippen LogP contribution in [0.5, 0.6) is 0 Å². The smallest absolute Gasteiger partial charge is 0.359 e. The molecule has 130 valence electrons. The van der Waals surface area contributed by atoms with E-state index >= 15 is 0 Å². The summed E-state index contributed by atoms with van der Waals surface area (Å²) in [4.78, 5) is 11.4. The molecule has 1 aromatic rings. The second-order valence-electron chi connectivity index (χ2n) is 6.15. The molecule has 1 rings (SSSR count). The van der Waals surface area contributed by atoms with Gasteiger partial charge in [-0.3, -0.25) is 0 Å². The van der Waals surface area contributed by atoms with Crippen molar-refractivity contribution >= 4 is 12.0 Å². The second kappa shape index (κ2) is 11.0. The highest BCUT2D eigenvalue weighted by molar-refractivity contribution is 5.68. The maximum absolute atomic E-state index is 11.4. The number of unbranched alkanes of at least 4 members (excludes halogenated alkanes) is 2. The van der Waals surface area contributed by atoms with Crippen molar-refractivity contribution < 1.29 is 19.9 Å². The average molecular weight is 321 g/mol. The highest BCUT2D eigenvalue weighted by atomic mass is 16.4. The van der Waals surface area contributed by atoms with E-state index in [0.29, 0.717) is 4.48 Å². The van der Waals surface area contributed by atoms with Gasteiger partial charge in [0.15, 0.2) is 6.54 Å². The quantitative estimate of drug-likeness (QED) is 0.622. The Balaban J connectivity index is 0.00000484. The lowest BCUT2D eigenvalue weighted by Gasteiger charge is -2.37. The maximum atomic E-state index is 11.4. The van der Waals surface area contributed by atoms with Gasteiger partial charge in [-0.25, -0.2) is 4.79 Å². The minimum absolute atomic E-state index is 0. The fraction of sp³-hybridized carbons (Fsp3) is 0.526. The van der Waals surface area contributed by atoms with E-state index < -0.39 is 5.97 Å². The summed E-state index contributed by atoms with van der Waals surface area (Å²) in [7, 11) is 0. The monoisotopic (exact) mass is 321 g/mol. The molecule has 0 saturated heterocycles. The number of hydrogen-bond acceptors (Lipinski definition) is 2. The van der Waals surface area contributed by atoms with Crippen molar-refractivity contribution in [3.63, 3.8) is 0 Å². The standard InChI is InChI=1S/C19H29NO2.H2O/c1-4-7-13-20(14-8-5-2,16-19(21)22)15-18-11-9-17(6-3)10-12-18;/h6,9-12H,3-5,7-8,13-16H2,1-2H3;1H2. The highest BCUT2D eigenvalue weighted by Crippen LogP contribution is 2.19. The molecule has 0 aliphatic heterocycles. The molecular formula is C19H31NO3. The number of carboxylic acids is 1. The molecule has 4 heteroatoms. The molecule has 1 aromatic carbocycles. The number of carboxylic acid groups (broad SMARTS) is 1. The van der Waals surface area contributed by atoms with Gasteiger partial charge in [-0.05, 0) is 18.4 Å². The van der Waals surface area contributed by atoms with Gasteiger partial charge in [0, 0.05) is 5.56 Å². The molecule has 0 aromatic heterocycles. The summed E-state index contributed by atoms with van der Waals surface area (Å²) in [5.41, 5.74) is 2.31. The zero-order chi connectivity index (χ0) is 16.4. The van der Waals surface area contributed by atoms with Crippen LogP contribution in [0.15, 0.2) is 30.8 Å². The maximum Gasteiger partial charge on any atom is 0.359 e. The van der Waals surface area contributed by atoms with Gasteiger partial charge in [-0.2, -0.15) is 0 Å². The summed E-state index contributed by atoms with van der Waals surface area (Å²) in [6.07, 6.45) is 6.17. The van der Waals surface area contributed by atoms with E-state index in [9.17, 15) is 9.90 Å². The van der Waals surface area contributed by atoms with Crippen molar-refractivity contribution in [2.75, 3.05) is 19.6 Å². The number of nitrogens with zero attached hydrogens (tertiary/aromatic N) is 1. The van der Waals surface area contributed by atoms with Crippen molar-refractivity contribution in [2.45, 2.75) is 46.1 Å². The van der Waals surface area contributed by atoms with Crippen LogP contribution in [-0.4, -0.2) is 40.7 Å². The minimum Gasteiger partial charge on any atom is -0.870 e. The van der Waals surface area contributed by atoms with Gasteiger partial charge in [0.25, 0.3) is 0 Å². The Kier molecular flexibility index (Phi) is 10.2. The predicted octanol–water partition coefficient (Wildman–Crippen LogP) is 4.15. The molecule has 0 saturated carbocycles. The van der Waals surface area contributed by atoms with E-state index in [1.54, 1.807) is 0 Å². The van der Waals surface area contributed by atoms with Crippen LogP contribution >= 0.6 is 0 Å². The first-order chi connectivity index (χ1) is 10.5. The molecule has 0 radical (unpaired) electrons. The Morgan fingerprint density at radius 1 is 1.13 bits per heavy atom. The van der Waals surface area contributed by atoms with Crippen molar-refractivity contribution in [3.8, 4) is 0 Å². The fourth-order valence-corrected chi connectivity index (χ4v) is 2.90. The summed E-state index contributed by atoms with van der Waals surface area (Å²) in [6, 6.07) is 8.31. The zero-order valence-electron chi connectivity index (χ0n) is 14.5. The molecule has 0 bridgehead atoms. The Labute approximate surface area is 140 Å². The fourth-order valence-electron chi connectivity index (χ4n) is 2.90. The largest absolute Gasteiger partial charge is 0.870 e. The van der Waals surface area contributed by atoms with Gasteiger partial charge < -0.3 is 15.1 Å². The Morgan fingerprint density at radius 3 is 2.04 bits per heavy atom. The molecular weight excluding hydrogens is 290 g/mol. The molecule has 23 heavy (non-hydrogen) atoms. The zero-order valence-corrected chi connectivity index (χ0v) is 14.5. The summed E-state index contributed by atoms with van der Waals surface area (Å²) >= 11 is 0. The summed E-state index contributed by atoms with van der Waals surface area (Å²) in [5.74, 6) is -0.699. The Morgan fingerprint density at radius 2 is 1.65 bits per heavy atom. The van der Waals surface area contributed by atoms with Crippen molar-refractivity contribution in [3.05, 3.63) is 42.0 Å². The second-order valence-corrected chi connectivity index (χ2v) is 6.15. The SMILES string of the molecule is C=Cc1ccc(C[N+](CCCC)(CCCC)CC(=O)O)cc1.[OH-]. The number of aliphatic carboxylic acids is 1. The molecule has 0 spiro atoms. The summed E-state index contributed by atoms with van der Waals surface area (Å²) in [6.45, 7) is 11.0. The lowest BCUT2D eigenvalue weighted by Crippen LogP contribution is -2.51. The lowest BCUT2D eigenvalue weighted by molar-refractivity contribution is -0.934. The molecule has 0 fully saturated rings. The molecule has 0 aliphatic carbocycles. The summed E-state index contributed by atoms with van der Waals surface area (Å²) < 4.78 is 0.657. The number of carbonyl (C=O) groups is 1. The Hall–Kier alpha value is -1.65. The minimum atomic E-state index is -0.699. The van der Waals surface area contributed by atoms with Gasteiger partial charge in [-0.15, -0.1) is 0 Å². The van der Waals surface area contributed by atoms with Crippen LogP contribution in [0.4, 0.5) is 0 Å². The number of hydrogen-bond donors (Lipinski definition) is 1. The molecule has 0 atom stereocenters. The molecule has 4 nitrogen and oxygen atoms in total. The van der Waals surface area contributed by atoms with Crippen molar-refractivity contribution in [1.29, 1.82) is 0 Å². The van der Waals surface area contributed by atoms with Gasteiger partial charge in [-0.1, -0.05) is 63.6 Å². The van der Waals surface area contributed by atoms with E-state index in [1.807, 2.05) is 6.08 Å². The third-order valence-electron chi connectivity index (χ3n) is 4.18. The Bertz CT molecular complexity index is 460. The van der Waals surface area contributed by atoms with Crippen molar-refractivity contribution in [2.24, 2.45) is 0 Å². The third-order valence-corrected chi connectivity index (χ3v) is 4.18. The normalized spacial score (nSPS) is 10.9. The van der Waals surface area contributed by atoms with Crippen LogP contribution in [-0.2, 0) is 11.3 Å². The number of benzene rings is 1.